The second-order valence-electron chi connectivity index (χ2n) is 3.76. The van der Waals surface area contributed by atoms with E-state index in [1.54, 1.807) is 0 Å². The summed E-state index contributed by atoms with van der Waals surface area (Å²) in [6.07, 6.45) is 3.29. The molecular formula is C8H16ClNO3S. The molecule has 0 aromatic heterocycles. The number of rotatable bonds is 5. The van der Waals surface area contributed by atoms with Gasteiger partial charge in [-0.05, 0) is 12.8 Å². The van der Waals surface area contributed by atoms with Gasteiger partial charge in [0.15, 0.2) is 0 Å². The monoisotopic (exact) mass is 241 g/mol. The Bertz CT molecular complexity index is 272. The van der Waals surface area contributed by atoms with Crippen LogP contribution in [0.4, 0.5) is 0 Å². The van der Waals surface area contributed by atoms with E-state index in [9.17, 15) is 13.5 Å². The highest BCUT2D eigenvalue weighted by Crippen LogP contribution is 2.28. The van der Waals surface area contributed by atoms with Crippen molar-refractivity contribution in [2.75, 3.05) is 18.2 Å². The summed E-state index contributed by atoms with van der Waals surface area (Å²) in [6, 6.07) is 0. The Labute approximate surface area is 89.7 Å². The molecule has 0 atom stereocenters. The predicted molar refractivity (Wildman–Crippen MR) is 55.9 cm³/mol. The number of sulfonamides is 1. The Hall–Kier alpha value is 0.160. The Morgan fingerprint density at radius 2 is 1.93 bits per heavy atom. The maximum absolute atomic E-state index is 11.2. The molecule has 0 aliphatic heterocycles. The number of alkyl halides is 1. The minimum atomic E-state index is -3.30. The second-order valence-corrected chi connectivity index (χ2v) is 6.06. The second kappa shape index (κ2) is 4.79. The molecule has 2 N–H and O–H groups in total. The molecule has 1 aliphatic rings. The van der Waals surface area contributed by atoms with Gasteiger partial charge in [-0.25, -0.2) is 13.1 Å². The maximum Gasteiger partial charge on any atom is 0.212 e. The van der Waals surface area contributed by atoms with Gasteiger partial charge in [0.1, 0.15) is 0 Å². The molecule has 0 radical (unpaired) electrons. The molecule has 1 saturated carbocycles. The van der Waals surface area contributed by atoms with Crippen molar-refractivity contribution in [3.63, 3.8) is 0 Å². The SMILES string of the molecule is O=S(=O)(CCCl)NCC1(O)CCCC1. The van der Waals surface area contributed by atoms with Gasteiger partial charge < -0.3 is 5.11 Å². The van der Waals surface area contributed by atoms with Crippen molar-refractivity contribution >= 4 is 21.6 Å². The van der Waals surface area contributed by atoms with E-state index in [0.29, 0.717) is 12.8 Å². The van der Waals surface area contributed by atoms with Crippen LogP contribution in [0.1, 0.15) is 25.7 Å². The molecule has 0 unspecified atom stereocenters. The van der Waals surface area contributed by atoms with E-state index in [2.05, 4.69) is 4.72 Å². The third kappa shape index (κ3) is 3.73. The molecule has 4 nitrogen and oxygen atoms in total. The first-order valence-corrected chi connectivity index (χ1v) is 6.92. The molecule has 0 aromatic carbocycles. The van der Waals surface area contributed by atoms with Gasteiger partial charge in [0, 0.05) is 12.4 Å². The van der Waals surface area contributed by atoms with Gasteiger partial charge in [0.05, 0.1) is 11.4 Å². The summed E-state index contributed by atoms with van der Waals surface area (Å²) < 4.78 is 24.8. The number of nitrogens with one attached hydrogen (secondary N) is 1. The maximum atomic E-state index is 11.2. The fourth-order valence-electron chi connectivity index (χ4n) is 1.63. The lowest BCUT2D eigenvalue weighted by molar-refractivity contribution is 0.0532. The largest absolute Gasteiger partial charge is 0.389 e. The van der Waals surface area contributed by atoms with Crippen LogP contribution in [0, 0.1) is 0 Å². The molecule has 6 heteroatoms. The summed E-state index contributed by atoms with van der Waals surface area (Å²) >= 11 is 5.33. The number of aliphatic hydroxyl groups is 1. The van der Waals surface area contributed by atoms with Gasteiger partial charge in [0.25, 0.3) is 0 Å². The highest BCUT2D eigenvalue weighted by atomic mass is 35.5. The molecule has 1 aliphatic carbocycles. The summed E-state index contributed by atoms with van der Waals surface area (Å²) in [5.74, 6) is -0.0155. The Kier molecular flexibility index (Phi) is 4.18. The van der Waals surface area contributed by atoms with E-state index in [1.165, 1.54) is 0 Å². The minimum Gasteiger partial charge on any atom is -0.389 e. The van der Waals surface area contributed by atoms with Crippen LogP contribution in [0.2, 0.25) is 0 Å². The first-order valence-electron chi connectivity index (χ1n) is 4.73. The van der Waals surface area contributed by atoms with E-state index in [1.807, 2.05) is 0 Å². The topological polar surface area (TPSA) is 66.4 Å². The normalized spacial score (nSPS) is 21.3. The lowest BCUT2D eigenvalue weighted by Gasteiger charge is -2.22. The standard InChI is InChI=1S/C8H16ClNO3S/c9-5-6-14(12,13)10-7-8(11)3-1-2-4-8/h10-11H,1-7H2. The van der Waals surface area contributed by atoms with Crippen molar-refractivity contribution in [3.8, 4) is 0 Å². The first-order chi connectivity index (χ1) is 6.47. The molecule has 0 amide bonds. The number of hydrogen-bond donors (Lipinski definition) is 2. The molecule has 0 bridgehead atoms. The first kappa shape index (κ1) is 12.2. The third-order valence-corrected chi connectivity index (χ3v) is 4.24. The highest BCUT2D eigenvalue weighted by molar-refractivity contribution is 7.89. The zero-order valence-corrected chi connectivity index (χ0v) is 9.57. The average Bonchev–Trinajstić information content (AvgIpc) is 2.50. The molecular weight excluding hydrogens is 226 g/mol. The van der Waals surface area contributed by atoms with Crippen molar-refractivity contribution in [2.45, 2.75) is 31.3 Å². The minimum absolute atomic E-state index is 0.0771. The van der Waals surface area contributed by atoms with Gasteiger partial charge in [-0.3, -0.25) is 0 Å². The lowest BCUT2D eigenvalue weighted by Crippen LogP contribution is -2.41. The molecule has 84 valence electrons. The summed E-state index contributed by atoms with van der Waals surface area (Å²) in [5, 5.41) is 9.86. The van der Waals surface area contributed by atoms with Crippen molar-refractivity contribution in [1.82, 2.24) is 4.72 Å². The van der Waals surface area contributed by atoms with Gasteiger partial charge in [0.2, 0.25) is 10.0 Å². The van der Waals surface area contributed by atoms with Gasteiger partial charge in [-0.2, -0.15) is 0 Å². The fraction of sp³-hybridized carbons (Fsp3) is 1.00. The van der Waals surface area contributed by atoms with Crippen LogP contribution < -0.4 is 4.72 Å². The Morgan fingerprint density at radius 1 is 1.36 bits per heavy atom. The summed E-state index contributed by atoms with van der Waals surface area (Å²) in [6.45, 7) is 0.117. The van der Waals surface area contributed by atoms with Crippen LogP contribution in [0.25, 0.3) is 0 Å². The smallest absolute Gasteiger partial charge is 0.212 e. The van der Waals surface area contributed by atoms with Crippen molar-refractivity contribution in [1.29, 1.82) is 0 Å². The Morgan fingerprint density at radius 3 is 2.43 bits per heavy atom. The number of halogens is 1. The molecule has 0 heterocycles. The number of hydrogen-bond acceptors (Lipinski definition) is 3. The van der Waals surface area contributed by atoms with Crippen LogP contribution in [0.3, 0.4) is 0 Å². The molecule has 0 spiro atoms. The van der Waals surface area contributed by atoms with Gasteiger partial charge in [-0.1, -0.05) is 12.8 Å². The average molecular weight is 242 g/mol. The van der Waals surface area contributed by atoms with Crippen LogP contribution in [-0.2, 0) is 10.0 Å². The van der Waals surface area contributed by atoms with Gasteiger partial charge in [-0.15, -0.1) is 11.6 Å². The van der Waals surface area contributed by atoms with E-state index >= 15 is 0 Å². The molecule has 1 rings (SSSR count). The molecule has 14 heavy (non-hydrogen) atoms. The van der Waals surface area contributed by atoms with E-state index in [-0.39, 0.29) is 18.2 Å². The summed E-state index contributed by atoms with van der Waals surface area (Å²) in [5.41, 5.74) is -0.834. The lowest BCUT2D eigenvalue weighted by atomic mass is 10.0. The fourth-order valence-corrected chi connectivity index (χ4v) is 3.07. The Balaban J connectivity index is 2.39. The summed E-state index contributed by atoms with van der Waals surface area (Å²) in [4.78, 5) is 0. The third-order valence-electron chi connectivity index (χ3n) is 2.50. The van der Waals surface area contributed by atoms with Crippen LogP contribution in [0.15, 0.2) is 0 Å². The van der Waals surface area contributed by atoms with E-state index < -0.39 is 15.6 Å². The molecule has 1 fully saturated rings. The van der Waals surface area contributed by atoms with Crippen LogP contribution >= 0.6 is 11.6 Å². The predicted octanol–water partition coefficient (Wildman–Crippen LogP) is 0.450. The van der Waals surface area contributed by atoms with E-state index in [4.69, 9.17) is 11.6 Å². The van der Waals surface area contributed by atoms with Crippen molar-refractivity contribution in [3.05, 3.63) is 0 Å². The molecule has 0 saturated heterocycles. The van der Waals surface area contributed by atoms with E-state index in [0.717, 1.165) is 12.8 Å². The van der Waals surface area contributed by atoms with Crippen LogP contribution in [0.5, 0.6) is 0 Å². The van der Waals surface area contributed by atoms with Crippen LogP contribution in [-0.4, -0.2) is 37.3 Å². The molecule has 0 aromatic rings. The van der Waals surface area contributed by atoms with Crippen molar-refractivity contribution in [2.24, 2.45) is 0 Å². The summed E-state index contributed by atoms with van der Waals surface area (Å²) in [7, 11) is -3.30. The zero-order valence-electron chi connectivity index (χ0n) is 8.00. The quantitative estimate of drug-likeness (QED) is 0.687. The highest BCUT2D eigenvalue weighted by Gasteiger charge is 2.31. The van der Waals surface area contributed by atoms with Crippen molar-refractivity contribution < 1.29 is 13.5 Å². The zero-order chi connectivity index (χ0) is 10.7. The van der Waals surface area contributed by atoms with Gasteiger partial charge >= 0.3 is 0 Å².